The minimum atomic E-state index is -0.694. The first kappa shape index (κ1) is 26.1. The smallest absolute Gasteiger partial charge is 0.336 e. The summed E-state index contributed by atoms with van der Waals surface area (Å²) in [7, 11) is 1.61. The van der Waals surface area contributed by atoms with Crippen LogP contribution in [0.3, 0.4) is 0 Å². The second-order valence-corrected chi connectivity index (χ2v) is 8.97. The maximum absolute atomic E-state index is 13.6. The third kappa shape index (κ3) is 5.56. The van der Waals surface area contributed by atoms with E-state index in [1.165, 1.54) is 12.1 Å². The van der Waals surface area contributed by atoms with Crippen LogP contribution in [0.25, 0.3) is 0 Å². The first-order chi connectivity index (χ1) is 17.8. The Morgan fingerprint density at radius 2 is 1.73 bits per heavy atom. The van der Waals surface area contributed by atoms with Crippen LogP contribution >= 0.6 is 0 Å². The van der Waals surface area contributed by atoms with Crippen molar-refractivity contribution in [3.05, 3.63) is 92.3 Å². The largest absolute Gasteiger partial charge is 0.497 e. The number of nitro groups is 1. The van der Waals surface area contributed by atoms with Crippen molar-refractivity contribution >= 4 is 17.4 Å². The van der Waals surface area contributed by atoms with Gasteiger partial charge in [0.15, 0.2) is 5.78 Å². The molecule has 2 atom stereocenters. The van der Waals surface area contributed by atoms with Gasteiger partial charge in [-0.1, -0.05) is 24.3 Å². The lowest BCUT2D eigenvalue weighted by Gasteiger charge is -2.36. The number of methoxy groups -OCH3 is 1. The number of hydrogen-bond acceptors (Lipinski definition) is 8. The zero-order valence-electron chi connectivity index (χ0n) is 21.1. The highest BCUT2D eigenvalue weighted by Crippen LogP contribution is 2.46. The molecule has 0 saturated heterocycles. The number of esters is 1. The second kappa shape index (κ2) is 11.4. The van der Waals surface area contributed by atoms with Crippen LogP contribution < -0.4 is 10.1 Å². The van der Waals surface area contributed by atoms with Crippen molar-refractivity contribution in [2.24, 2.45) is 0 Å². The number of nitro benzene ring substituents is 1. The van der Waals surface area contributed by atoms with E-state index < -0.39 is 16.8 Å². The molecule has 9 heteroatoms. The van der Waals surface area contributed by atoms with Gasteiger partial charge in [-0.3, -0.25) is 14.9 Å². The molecule has 0 fully saturated rings. The number of dihydropyridines is 1. The molecular weight excluding hydrogens is 476 g/mol. The number of allylic oxidation sites excluding steroid dienone is 3. The van der Waals surface area contributed by atoms with Crippen molar-refractivity contribution < 1.29 is 28.7 Å². The summed E-state index contributed by atoms with van der Waals surface area (Å²) in [5, 5.41) is 14.5. The van der Waals surface area contributed by atoms with E-state index in [1.807, 2.05) is 31.2 Å². The molecule has 1 aliphatic carbocycles. The maximum Gasteiger partial charge on any atom is 0.336 e. The van der Waals surface area contributed by atoms with Gasteiger partial charge >= 0.3 is 5.97 Å². The van der Waals surface area contributed by atoms with Crippen LogP contribution in [-0.4, -0.2) is 43.6 Å². The van der Waals surface area contributed by atoms with Gasteiger partial charge < -0.3 is 19.5 Å². The number of ketones is 1. The number of non-ortho nitro benzene ring substituents is 1. The average Bonchev–Trinajstić information content (AvgIpc) is 2.90. The summed E-state index contributed by atoms with van der Waals surface area (Å²) in [4.78, 5) is 37.6. The Hall–Kier alpha value is -3.98. The standard InChI is InChI=1S/C28H30N2O7/c1-4-36-13-14-37-28(32)25-17(2)29-23-15-20(18-7-11-22(35-3)12-8-18)16-24(31)27(23)26(25)19-5-9-21(10-6-19)30(33)34/h5-12,20,26,29H,4,13-16H2,1-3H3/t20-,26+/m1/s1. The summed E-state index contributed by atoms with van der Waals surface area (Å²) in [6, 6.07) is 13.6. The summed E-state index contributed by atoms with van der Waals surface area (Å²) in [5.74, 6) is -0.614. The molecular formula is C28H30N2O7. The van der Waals surface area contributed by atoms with Crippen LogP contribution in [0.4, 0.5) is 5.69 Å². The molecule has 1 aliphatic heterocycles. The van der Waals surface area contributed by atoms with Crippen LogP contribution in [0.15, 0.2) is 71.1 Å². The lowest BCUT2D eigenvalue weighted by atomic mass is 9.71. The van der Waals surface area contributed by atoms with E-state index in [0.29, 0.717) is 35.4 Å². The molecule has 1 heterocycles. The van der Waals surface area contributed by atoms with Crippen LogP contribution in [0.2, 0.25) is 0 Å². The Bertz CT molecular complexity index is 1250. The Balaban J connectivity index is 1.71. The summed E-state index contributed by atoms with van der Waals surface area (Å²) >= 11 is 0. The zero-order valence-corrected chi connectivity index (χ0v) is 21.1. The number of carbonyl (C=O) groups excluding carboxylic acids is 2. The summed E-state index contributed by atoms with van der Waals surface area (Å²) in [6.45, 7) is 4.48. The lowest BCUT2D eigenvalue weighted by Crippen LogP contribution is -2.36. The number of nitrogens with zero attached hydrogens (tertiary/aromatic N) is 1. The Morgan fingerprint density at radius 3 is 2.35 bits per heavy atom. The second-order valence-electron chi connectivity index (χ2n) is 8.97. The van der Waals surface area contributed by atoms with E-state index >= 15 is 0 Å². The van der Waals surface area contributed by atoms with Crippen molar-refractivity contribution in [1.29, 1.82) is 0 Å². The van der Waals surface area contributed by atoms with E-state index in [4.69, 9.17) is 14.2 Å². The van der Waals surface area contributed by atoms with Gasteiger partial charge in [-0.2, -0.15) is 0 Å². The Morgan fingerprint density at radius 1 is 1.05 bits per heavy atom. The summed E-state index contributed by atoms with van der Waals surface area (Å²) in [6.07, 6.45) is 0.864. The topological polar surface area (TPSA) is 117 Å². The van der Waals surface area contributed by atoms with E-state index in [9.17, 15) is 19.7 Å². The molecule has 0 unspecified atom stereocenters. The fourth-order valence-corrected chi connectivity index (χ4v) is 4.96. The lowest BCUT2D eigenvalue weighted by molar-refractivity contribution is -0.384. The van der Waals surface area contributed by atoms with E-state index in [-0.39, 0.29) is 37.0 Å². The van der Waals surface area contributed by atoms with Crippen molar-refractivity contribution in [3.8, 4) is 5.75 Å². The van der Waals surface area contributed by atoms with Gasteiger partial charge in [0.1, 0.15) is 12.4 Å². The van der Waals surface area contributed by atoms with Crippen molar-refractivity contribution in [3.63, 3.8) is 0 Å². The highest BCUT2D eigenvalue weighted by atomic mass is 16.6. The van der Waals surface area contributed by atoms with Gasteiger partial charge in [0.2, 0.25) is 0 Å². The van der Waals surface area contributed by atoms with E-state index in [1.54, 1.807) is 26.2 Å². The van der Waals surface area contributed by atoms with Gasteiger partial charge in [0.05, 0.1) is 24.2 Å². The van der Waals surface area contributed by atoms with Crippen LogP contribution in [0.5, 0.6) is 5.75 Å². The number of Topliss-reactive ketones (excluding diaryl/α,β-unsaturated/α-hetero) is 1. The Kier molecular flexibility index (Phi) is 8.03. The molecule has 0 spiro atoms. The predicted octanol–water partition coefficient (Wildman–Crippen LogP) is 4.54. The first-order valence-corrected chi connectivity index (χ1v) is 12.2. The zero-order chi connectivity index (χ0) is 26.5. The van der Waals surface area contributed by atoms with Gasteiger partial charge in [-0.25, -0.2) is 4.79 Å². The molecule has 0 aromatic heterocycles. The van der Waals surface area contributed by atoms with Crippen LogP contribution in [0, 0.1) is 10.1 Å². The summed E-state index contributed by atoms with van der Waals surface area (Å²) < 4.78 is 16.0. The number of carbonyl (C=O) groups is 2. The monoisotopic (exact) mass is 506 g/mol. The molecule has 0 bridgehead atoms. The Labute approximate surface area is 215 Å². The minimum absolute atomic E-state index is 0.0327. The third-order valence-electron chi connectivity index (χ3n) is 6.74. The number of benzene rings is 2. The maximum atomic E-state index is 13.6. The fourth-order valence-electron chi connectivity index (χ4n) is 4.96. The highest BCUT2D eigenvalue weighted by Gasteiger charge is 2.41. The molecule has 2 aromatic carbocycles. The number of ether oxygens (including phenoxy) is 3. The normalized spacial score (nSPS) is 19.3. The molecule has 1 N–H and O–H groups in total. The van der Waals surface area contributed by atoms with Crippen molar-refractivity contribution in [2.75, 3.05) is 26.9 Å². The molecule has 2 aliphatic rings. The summed E-state index contributed by atoms with van der Waals surface area (Å²) in [5.41, 5.74) is 3.74. The highest BCUT2D eigenvalue weighted by molar-refractivity contribution is 6.04. The van der Waals surface area contributed by atoms with Crippen LogP contribution in [-0.2, 0) is 19.1 Å². The molecule has 9 nitrogen and oxygen atoms in total. The van der Waals surface area contributed by atoms with Gasteiger partial charge in [0, 0.05) is 48.0 Å². The van der Waals surface area contributed by atoms with Gasteiger partial charge in [0.25, 0.3) is 5.69 Å². The van der Waals surface area contributed by atoms with Gasteiger partial charge in [-0.15, -0.1) is 0 Å². The van der Waals surface area contributed by atoms with E-state index in [0.717, 1.165) is 17.0 Å². The number of hydrogen-bond donors (Lipinski definition) is 1. The van der Waals surface area contributed by atoms with Crippen molar-refractivity contribution in [1.82, 2.24) is 5.32 Å². The van der Waals surface area contributed by atoms with Gasteiger partial charge in [-0.05, 0) is 49.4 Å². The first-order valence-electron chi connectivity index (χ1n) is 12.2. The quantitative estimate of drug-likeness (QED) is 0.228. The molecule has 0 saturated carbocycles. The molecule has 2 aromatic rings. The molecule has 37 heavy (non-hydrogen) atoms. The fraction of sp³-hybridized carbons (Fsp3) is 0.357. The molecule has 4 rings (SSSR count). The SMILES string of the molecule is CCOCCOC(=O)C1=C(C)NC2=C(C(=O)C[C@H](c3ccc(OC)cc3)C2)[C@H]1c1ccc([N+](=O)[O-])cc1. The predicted molar refractivity (Wildman–Crippen MR) is 136 cm³/mol. The van der Waals surface area contributed by atoms with E-state index in [2.05, 4.69) is 5.32 Å². The van der Waals surface area contributed by atoms with Crippen LogP contribution in [0.1, 0.15) is 49.7 Å². The average molecular weight is 507 g/mol. The minimum Gasteiger partial charge on any atom is -0.497 e. The van der Waals surface area contributed by atoms with Crippen molar-refractivity contribution in [2.45, 2.75) is 38.5 Å². The number of nitrogens with one attached hydrogen (secondary N) is 1. The number of rotatable bonds is 9. The third-order valence-corrected chi connectivity index (χ3v) is 6.74. The molecule has 194 valence electrons. The molecule has 0 radical (unpaired) electrons. The molecule has 0 amide bonds.